The molecule has 1 atom stereocenters. The van der Waals surface area contributed by atoms with Gasteiger partial charge in [0, 0.05) is 5.54 Å². The molecule has 3 heteroatoms. The zero-order valence-electron chi connectivity index (χ0n) is 8.44. The van der Waals surface area contributed by atoms with Crippen LogP contribution in [0.1, 0.15) is 39.0 Å². The van der Waals surface area contributed by atoms with E-state index in [1.54, 1.807) is 0 Å². The van der Waals surface area contributed by atoms with Gasteiger partial charge in [-0.3, -0.25) is 10.2 Å². The molecule has 2 aliphatic rings. The molecular formula is C10H20N2O. The predicted octanol–water partition coefficient (Wildman–Crippen LogP) is 1.41. The Morgan fingerprint density at radius 2 is 2.15 bits per heavy atom. The maximum atomic E-state index is 5.28. The van der Waals surface area contributed by atoms with Gasteiger partial charge in [-0.2, -0.15) is 5.48 Å². The molecule has 76 valence electrons. The van der Waals surface area contributed by atoms with Crippen LogP contribution < -0.4 is 10.8 Å². The van der Waals surface area contributed by atoms with Gasteiger partial charge in [0.15, 0.2) is 0 Å². The fourth-order valence-electron chi connectivity index (χ4n) is 2.54. The maximum Gasteiger partial charge on any atom is 0.0862 e. The van der Waals surface area contributed by atoms with E-state index in [-0.39, 0.29) is 5.54 Å². The predicted molar refractivity (Wildman–Crippen MR) is 52.1 cm³/mol. The van der Waals surface area contributed by atoms with E-state index in [1.807, 2.05) is 0 Å². The molecule has 1 heterocycles. The zero-order valence-corrected chi connectivity index (χ0v) is 8.44. The van der Waals surface area contributed by atoms with Gasteiger partial charge in [-0.25, -0.2) is 0 Å². The SMILES string of the molecule is C[C@@]1(CC2CCCC2)CONCN1. The fraction of sp³-hybridized carbons (Fsp3) is 1.00. The lowest BCUT2D eigenvalue weighted by Gasteiger charge is -2.36. The monoisotopic (exact) mass is 184 g/mol. The molecule has 1 saturated carbocycles. The Kier molecular flexibility index (Phi) is 2.86. The lowest BCUT2D eigenvalue weighted by Crippen LogP contribution is -2.56. The van der Waals surface area contributed by atoms with Crippen molar-refractivity contribution in [3.8, 4) is 0 Å². The van der Waals surface area contributed by atoms with E-state index in [0.717, 1.165) is 19.2 Å². The minimum Gasteiger partial charge on any atom is -0.299 e. The largest absolute Gasteiger partial charge is 0.299 e. The van der Waals surface area contributed by atoms with Gasteiger partial charge in [0.05, 0.1) is 13.3 Å². The van der Waals surface area contributed by atoms with Gasteiger partial charge in [-0.05, 0) is 19.3 Å². The Bertz CT molecular complexity index is 160. The molecule has 2 rings (SSSR count). The van der Waals surface area contributed by atoms with Gasteiger partial charge in [-0.15, -0.1) is 0 Å². The fourth-order valence-corrected chi connectivity index (χ4v) is 2.54. The summed E-state index contributed by atoms with van der Waals surface area (Å²) in [5.41, 5.74) is 3.06. The maximum absolute atomic E-state index is 5.28. The molecule has 0 aromatic heterocycles. The van der Waals surface area contributed by atoms with Crippen molar-refractivity contribution in [1.82, 2.24) is 10.8 Å². The Balaban J connectivity index is 1.83. The third-order valence-corrected chi connectivity index (χ3v) is 3.29. The minimum absolute atomic E-state index is 0.209. The second-order valence-corrected chi connectivity index (χ2v) is 4.70. The van der Waals surface area contributed by atoms with Crippen molar-refractivity contribution in [3.05, 3.63) is 0 Å². The summed E-state index contributed by atoms with van der Waals surface area (Å²) in [5, 5.41) is 3.49. The molecule has 1 saturated heterocycles. The number of rotatable bonds is 2. The first-order valence-electron chi connectivity index (χ1n) is 5.38. The van der Waals surface area contributed by atoms with Crippen LogP contribution in [-0.4, -0.2) is 18.8 Å². The Morgan fingerprint density at radius 3 is 2.77 bits per heavy atom. The van der Waals surface area contributed by atoms with Crippen molar-refractivity contribution >= 4 is 0 Å². The summed E-state index contributed by atoms with van der Waals surface area (Å²) in [6, 6.07) is 0. The van der Waals surface area contributed by atoms with Crippen LogP contribution in [0.2, 0.25) is 0 Å². The second kappa shape index (κ2) is 3.95. The van der Waals surface area contributed by atoms with Gasteiger partial charge in [0.1, 0.15) is 0 Å². The van der Waals surface area contributed by atoms with Crippen molar-refractivity contribution in [2.45, 2.75) is 44.6 Å². The summed E-state index contributed by atoms with van der Waals surface area (Å²) in [4.78, 5) is 5.28. The van der Waals surface area contributed by atoms with E-state index in [4.69, 9.17) is 4.84 Å². The topological polar surface area (TPSA) is 33.3 Å². The number of hydroxylamine groups is 1. The summed E-state index contributed by atoms with van der Waals surface area (Å²) in [6.07, 6.45) is 6.98. The van der Waals surface area contributed by atoms with Crippen LogP contribution in [0.5, 0.6) is 0 Å². The first kappa shape index (κ1) is 9.44. The van der Waals surface area contributed by atoms with Gasteiger partial charge in [0.2, 0.25) is 0 Å². The zero-order chi connectivity index (χ0) is 9.15. The highest BCUT2D eigenvalue weighted by atomic mass is 16.6. The normalized spacial score (nSPS) is 36.7. The van der Waals surface area contributed by atoms with Gasteiger partial charge in [-0.1, -0.05) is 25.7 Å². The quantitative estimate of drug-likeness (QED) is 0.680. The summed E-state index contributed by atoms with van der Waals surface area (Å²) in [7, 11) is 0. The first-order chi connectivity index (χ1) is 6.29. The summed E-state index contributed by atoms with van der Waals surface area (Å²) >= 11 is 0. The van der Waals surface area contributed by atoms with Crippen LogP contribution in [0.25, 0.3) is 0 Å². The van der Waals surface area contributed by atoms with Crippen molar-refractivity contribution in [2.75, 3.05) is 13.3 Å². The Morgan fingerprint density at radius 1 is 1.38 bits per heavy atom. The molecule has 0 bridgehead atoms. The molecule has 2 N–H and O–H groups in total. The van der Waals surface area contributed by atoms with Gasteiger partial charge in [0.25, 0.3) is 0 Å². The lowest BCUT2D eigenvalue weighted by atomic mass is 9.88. The van der Waals surface area contributed by atoms with Crippen LogP contribution in [0.15, 0.2) is 0 Å². The highest BCUT2D eigenvalue weighted by molar-refractivity contribution is 4.87. The molecule has 0 unspecified atom stereocenters. The average Bonchev–Trinajstić information content (AvgIpc) is 2.57. The number of nitrogens with one attached hydrogen (secondary N) is 2. The number of hydrogen-bond acceptors (Lipinski definition) is 3. The van der Waals surface area contributed by atoms with E-state index in [1.165, 1.54) is 32.1 Å². The average molecular weight is 184 g/mol. The van der Waals surface area contributed by atoms with Crippen molar-refractivity contribution < 1.29 is 4.84 Å². The minimum atomic E-state index is 0.209. The standard InChI is InChI=1S/C10H20N2O/c1-10(7-13-12-8-11-10)6-9-4-2-3-5-9/h9,11-12H,2-8H2,1H3/t10-/m1/s1. The van der Waals surface area contributed by atoms with Crippen molar-refractivity contribution in [1.29, 1.82) is 0 Å². The smallest absolute Gasteiger partial charge is 0.0862 e. The lowest BCUT2D eigenvalue weighted by molar-refractivity contribution is -0.0499. The van der Waals surface area contributed by atoms with Gasteiger partial charge < -0.3 is 0 Å². The first-order valence-corrected chi connectivity index (χ1v) is 5.38. The van der Waals surface area contributed by atoms with Gasteiger partial charge >= 0.3 is 0 Å². The number of hydrogen-bond donors (Lipinski definition) is 2. The summed E-state index contributed by atoms with van der Waals surface area (Å²) < 4.78 is 0. The van der Waals surface area contributed by atoms with Crippen LogP contribution in [0.3, 0.4) is 0 Å². The van der Waals surface area contributed by atoms with E-state index in [2.05, 4.69) is 17.7 Å². The molecule has 0 amide bonds. The highest BCUT2D eigenvalue weighted by Crippen LogP contribution is 2.32. The molecule has 13 heavy (non-hydrogen) atoms. The Hall–Kier alpha value is -0.120. The molecule has 3 nitrogen and oxygen atoms in total. The van der Waals surface area contributed by atoms with E-state index in [0.29, 0.717) is 0 Å². The summed E-state index contributed by atoms with van der Waals surface area (Å²) in [5.74, 6) is 0.930. The van der Waals surface area contributed by atoms with Crippen molar-refractivity contribution in [2.24, 2.45) is 5.92 Å². The van der Waals surface area contributed by atoms with E-state index >= 15 is 0 Å². The van der Waals surface area contributed by atoms with Crippen LogP contribution in [-0.2, 0) is 4.84 Å². The molecule has 0 aromatic carbocycles. The molecule has 2 fully saturated rings. The van der Waals surface area contributed by atoms with Crippen LogP contribution >= 0.6 is 0 Å². The third-order valence-electron chi connectivity index (χ3n) is 3.29. The van der Waals surface area contributed by atoms with Crippen LogP contribution in [0.4, 0.5) is 0 Å². The van der Waals surface area contributed by atoms with Crippen LogP contribution in [0, 0.1) is 5.92 Å². The molecule has 1 aliphatic heterocycles. The molecule has 0 spiro atoms. The summed E-state index contributed by atoms with van der Waals surface area (Å²) in [6.45, 7) is 3.85. The third kappa shape index (κ3) is 2.42. The van der Waals surface area contributed by atoms with E-state index < -0.39 is 0 Å². The second-order valence-electron chi connectivity index (χ2n) is 4.70. The molecular weight excluding hydrogens is 164 g/mol. The van der Waals surface area contributed by atoms with Crippen molar-refractivity contribution in [3.63, 3.8) is 0 Å². The highest BCUT2D eigenvalue weighted by Gasteiger charge is 2.31. The van der Waals surface area contributed by atoms with E-state index in [9.17, 15) is 0 Å². The molecule has 0 aromatic rings. The molecule has 1 aliphatic carbocycles. The molecule has 0 radical (unpaired) electrons. The Labute approximate surface area is 80.2 Å².